The van der Waals surface area contributed by atoms with Crippen molar-refractivity contribution in [1.29, 1.82) is 0 Å². The van der Waals surface area contributed by atoms with Gasteiger partial charge in [-0.25, -0.2) is 13.2 Å². The Labute approximate surface area is 161 Å². The molecule has 27 heavy (non-hydrogen) atoms. The molecule has 1 aromatic rings. The first kappa shape index (κ1) is 18.7. The molecule has 1 aliphatic heterocycles. The van der Waals surface area contributed by atoms with Crippen LogP contribution in [-0.4, -0.2) is 37.9 Å². The lowest BCUT2D eigenvalue weighted by molar-refractivity contribution is 0.245. The molecule has 0 radical (unpaired) electrons. The molecule has 2 saturated carbocycles. The average Bonchev–Trinajstić information content (AvgIpc) is 3.56. The van der Waals surface area contributed by atoms with Gasteiger partial charge in [0.25, 0.3) is 0 Å². The molecule has 0 aromatic heterocycles. The van der Waals surface area contributed by atoms with Crippen molar-refractivity contribution in [2.24, 2.45) is 11.8 Å². The molecular formula is C20H29N3O3S. The summed E-state index contributed by atoms with van der Waals surface area (Å²) in [5, 5.41) is 6.02. The van der Waals surface area contributed by atoms with Gasteiger partial charge in [0.15, 0.2) is 0 Å². The van der Waals surface area contributed by atoms with E-state index in [1.807, 2.05) is 6.92 Å². The fourth-order valence-electron chi connectivity index (χ4n) is 3.99. The fraction of sp³-hybridized carbons (Fsp3) is 0.650. The second kappa shape index (κ2) is 7.43. The average molecular weight is 392 g/mol. The maximum atomic E-state index is 12.9. The number of carbonyl (C=O) groups is 1. The number of aryl methyl sites for hydroxylation is 1. The molecular weight excluding hydrogens is 362 g/mol. The molecule has 0 atom stereocenters. The molecule has 1 aromatic carbocycles. The minimum absolute atomic E-state index is 0.227. The van der Waals surface area contributed by atoms with Crippen LogP contribution in [0.2, 0.25) is 0 Å². The van der Waals surface area contributed by atoms with Gasteiger partial charge in [0.2, 0.25) is 10.0 Å². The molecule has 3 aliphatic rings. The lowest BCUT2D eigenvalue weighted by atomic mass is 10.1. The summed E-state index contributed by atoms with van der Waals surface area (Å²) in [6.45, 7) is 3.03. The summed E-state index contributed by atoms with van der Waals surface area (Å²) in [6.07, 6.45) is 7.68. The van der Waals surface area contributed by atoms with Gasteiger partial charge in [0.05, 0.1) is 4.90 Å². The maximum Gasteiger partial charge on any atom is 0.319 e. The highest BCUT2D eigenvalue weighted by Gasteiger charge is 2.42. The summed E-state index contributed by atoms with van der Waals surface area (Å²) in [7, 11) is -3.51. The Hall–Kier alpha value is -1.60. The summed E-state index contributed by atoms with van der Waals surface area (Å²) in [5.74, 6) is 1.24. The van der Waals surface area contributed by atoms with Crippen LogP contribution in [0.1, 0.15) is 50.5 Å². The molecule has 0 unspecified atom stereocenters. The minimum atomic E-state index is -3.51. The third-order valence-electron chi connectivity index (χ3n) is 5.97. The maximum absolute atomic E-state index is 12.9. The van der Waals surface area contributed by atoms with Gasteiger partial charge < -0.3 is 10.6 Å². The number of nitrogens with zero attached hydrogens (tertiary/aromatic N) is 1. The number of rotatable bonds is 6. The highest BCUT2D eigenvalue weighted by molar-refractivity contribution is 7.89. The monoisotopic (exact) mass is 391 g/mol. The van der Waals surface area contributed by atoms with Crippen molar-refractivity contribution in [2.45, 2.75) is 62.8 Å². The summed E-state index contributed by atoms with van der Waals surface area (Å²) in [6, 6.07) is 5.05. The van der Waals surface area contributed by atoms with E-state index in [0.717, 1.165) is 24.8 Å². The van der Waals surface area contributed by atoms with Crippen molar-refractivity contribution in [3.05, 3.63) is 23.8 Å². The summed E-state index contributed by atoms with van der Waals surface area (Å²) in [5.41, 5.74) is 1.42. The number of hydrogen-bond acceptors (Lipinski definition) is 3. The number of anilines is 1. The normalized spacial score (nSPS) is 21.3. The zero-order chi connectivity index (χ0) is 19.0. The summed E-state index contributed by atoms with van der Waals surface area (Å²) in [4.78, 5) is 12.8. The van der Waals surface area contributed by atoms with Crippen LogP contribution in [-0.2, 0) is 10.0 Å². The zero-order valence-corrected chi connectivity index (χ0v) is 16.7. The van der Waals surface area contributed by atoms with E-state index in [2.05, 4.69) is 10.6 Å². The van der Waals surface area contributed by atoms with Crippen LogP contribution in [0.3, 0.4) is 0 Å². The highest BCUT2D eigenvalue weighted by atomic mass is 32.2. The molecule has 4 rings (SSSR count). The largest absolute Gasteiger partial charge is 0.335 e. The number of sulfonamides is 1. The molecule has 2 amide bonds. The zero-order valence-electron chi connectivity index (χ0n) is 15.9. The van der Waals surface area contributed by atoms with E-state index in [9.17, 15) is 13.2 Å². The van der Waals surface area contributed by atoms with Crippen LogP contribution in [0.15, 0.2) is 23.1 Å². The van der Waals surface area contributed by atoms with E-state index < -0.39 is 10.0 Å². The molecule has 148 valence electrons. The van der Waals surface area contributed by atoms with Crippen LogP contribution >= 0.6 is 0 Å². The molecule has 3 fully saturated rings. The third kappa shape index (κ3) is 4.29. The van der Waals surface area contributed by atoms with Crippen LogP contribution in [0.4, 0.5) is 10.5 Å². The number of piperidine rings is 1. The van der Waals surface area contributed by atoms with E-state index in [-0.39, 0.29) is 17.0 Å². The lowest BCUT2D eigenvalue weighted by Crippen LogP contribution is -2.41. The third-order valence-corrected chi connectivity index (χ3v) is 7.86. The Morgan fingerprint density at radius 1 is 1.07 bits per heavy atom. The molecule has 0 spiro atoms. The van der Waals surface area contributed by atoms with Crippen molar-refractivity contribution in [3.63, 3.8) is 0 Å². The van der Waals surface area contributed by atoms with Crippen LogP contribution in [0.25, 0.3) is 0 Å². The second-order valence-corrected chi connectivity index (χ2v) is 10.2. The summed E-state index contributed by atoms with van der Waals surface area (Å²) < 4.78 is 27.4. The Bertz CT molecular complexity index is 798. The molecule has 2 aliphatic carbocycles. The van der Waals surface area contributed by atoms with Gasteiger partial charge in [-0.15, -0.1) is 0 Å². The quantitative estimate of drug-likeness (QED) is 0.779. The molecule has 6 nitrogen and oxygen atoms in total. The second-order valence-electron chi connectivity index (χ2n) is 8.24. The number of carbonyl (C=O) groups excluding carboxylic acids is 1. The van der Waals surface area contributed by atoms with Crippen molar-refractivity contribution in [1.82, 2.24) is 9.62 Å². The van der Waals surface area contributed by atoms with E-state index in [0.29, 0.717) is 30.6 Å². The van der Waals surface area contributed by atoms with Crippen molar-refractivity contribution >= 4 is 21.7 Å². The molecule has 7 heteroatoms. The van der Waals surface area contributed by atoms with E-state index in [1.54, 1.807) is 22.5 Å². The van der Waals surface area contributed by atoms with Crippen molar-refractivity contribution < 1.29 is 13.2 Å². The van der Waals surface area contributed by atoms with Gasteiger partial charge in [0, 0.05) is 24.8 Å². The van der Waals surface area contributed by atoms with Gasteiger partial charge in [-0.3, -0.25) is 0 Å². The standard InChI is InChI=1S/C20H29N3O3S/c1-14-5-10-17(27(25,26)23-11-3-2-4-12-23)13-18(14)21-20(24)22-19(15-6-7-15)16-8-9-16/h5,10,13,15-16,19H,2-4,6-9,11-12H2,1H3,(H2,21,22,24). The van der Waals surface area contributed by atoms with Gasteiger partial charge in [-0.2, -0.15) is 4.31 Å². The summed E-state index contributed by atoms with van der Waals surface area (Å²) >= 11 is 0. The molecule has 0 bridgehead atoms. The predicted octanol–water partition coefficient (Wildman–Crippen LogP) is 3.48. The van der Waals surface area contributed by atoms with Crippen molar-refractivity contribution in [2.75, 3.05) is 18.4 Å². The van der Waals surface area contributed by atoms with Gasteiger partial charge >= 0.3 is 6.03 Å². The predicted molar refractivity (Wildman–Crippen MR) is 105 cm³/mol. The SMILES string of the molecule is Cc1ccc(S(=O)(=O)N2CCCCC2)cc1NC(=O)NC(C1CC1)C1CC1. The first-order valence-electron chi connectivity index (χ1n) is 10.1. The number of nitrogens with one attached hydrogen (secondary N) is 2. The first-order valence-corrected chi connectivity index (χ1v) is 11.6. The number of amides is 2. The lowest BCUT2D eigenvalue weighted by Gasteiger charge is -2.26. The fourth-order valence-corrected chi connectivity index (χ4v) is 5.54. The van der Waals surface area contributed by atoms with Crippen molar-refractivity contribution in [3.8, 4) is 0 Å². The van der Waals surface area contributed by atoms with Gasteiger partial charge in [-0.05, 0) is 75.0 Å². The van der Waals surface area contributed by atoms with Crippen LogP contribution < -0.4 is 10.6 Å². The van der Waals surface area contributed by atoms with Gasteiger partial charge in [-0.1, -0.05) is 12.5 Å². The Balaban J connectivity index is 1.47. The Morgan fingerprint density at radius 3 is 2.30 bits per heavy atom. The molecule has 2 N–H and O–H groups in total. The van der Waals surface area contributed by atoms with E-state index >= 15 is 0 Å². The highest BCUT2D eigenvalue weighted by Crippen LogP contribution is 2.44. The minimum Gasteiger partial charge on any atom is -0.335 e. The number of benzene rings is 1. The first-order chi connectivity index (χ1) is 12.9. The number of urea groups is 1. The van der Waals surface area contributed by atoms with E-state index in [4.69, 9.17) is 0 Å². The molecule has 1 heterocycles. The van der Waals surface area contributed by atoms with Gasteiger partial charge in [0.1, 0.15) is 0 Å². The molecule has 1 saturated heterocycles. The Kier molecular flexibility index (Phi) is 5.16. The number of hydrogen-bond donors (Lipinski definition) is 2. The van der Waals surface area contributed by atoms with Crippen LogP contribution in [0.5, 0.6) is 0 Å². The van der Waals surface area contributed by atoms with E-state index in [1.165, 1.54) is 25.7 Å². The topological polar surface area (TPSA) is 78.5 Å². The Morgan fingerprint density at radius 2 is 1.70 bits per heavy atom. The smallest absolute Gasteiger partial charge is 0.319 e. The van der Waals surface area contributed by atoms with Crippen LogP contribution in [0, 0.1) is 18.8 Å².